The van der Waals surface area contributed by atoms with Crippen LogP contribution in [0.15, 0.2) is 29.2 Å². The highest BCUT2D eigenvalue weighted by Crippen LogP contribution is 2.06. The van der Waals surface area contributed by atoms with E-state index in [2.05, 4.69) is 15.3 Å². The molecule has 0 bridgehead atoms. The lowest BCUT2D eigenvalue weighted by atomic mass is 10.2. The molecule has 0 radical (unpaired) electrons. The van der Waals surface area contributed by atoms with Crippen molar-refractivity contribution in [2.75, 3.05) is 0 Å². The molecule has 78 valence electrons. The van der Waals surface area contributed by atoms with E-state index in [9.17, 15) is 4.79 Å². The monoisotopic (exact) mass is 221 g/mol. The molecule has 0 fully saturated rings. The maximum absolute atomic E-state index is 11.5. The van der Waals surface area contributed by atoms with Crippen LogP contribution in [0.1, 0.15) is 11.4 Å². The maximum atomic E-state index is 11.5. The second-order valence-electron chi connectivity index (χ2n) is 3.12. The first-order valence-corrected chi connectivity index (χ1v) is 5.55. The van der Waals surface area contributed by atoms with Gasteiger partial charge in [-0.3, -0.25) is 4.79 Å². The van der Waals surface area contributed by atoms with Crippen molar-refractivity contribution in [3.05, 3.63) is 40.6 Å². The second-order valence-corrected chi connectivity index (χ2v) is 3.90. The van der Waals surface area contributed by atoms with Crippen molar-refractivity contribution in [1.29, 1.82) is 0 Å². The van der Waals surface area contributed by atoms with Crippen molar-refractivity contribution in [1.82, 2.24) is 15.3 Å². The molecule has 0 unspecified atom stereocenters. The zero-order valence-electron chi connectivity index (χ0n) is 8.06. The van der Waals surface area contributed by atoms with Gasteiger partial charge in [0, 0.05) is 12.4 Å². The predicted molar refractivity (Wildman–Crippen MR) is 58.5 cm³/mol. The van der Waals surface area contributed by atoms with Crippen molar-refractivity contribution >= 4 is 17.2 Å². The van der Waals surface area contributed by atoms with E-state index in [1.807, 2.05) is 16.8 Å². The van der Waals surface area contributed by atoms with Crippen LogP contribution in [-0.4, -0.2) is 15.9 Å². The van der Waals surface area contributed by atoms with Gasteiger partial charge in [0.25, 0.3) is 0 Å². The lowest BCUT2D eigenvalue weighted by molar-refractivity contribution is -0.120. The van der Waals surface area contributed by atoms with E-state index in [1.165, 1.54) is 0 Å². The van der Waals surface area contributed by atoms with Gasteiger partial charge in [0.05, 0.1) is 13.0 Å². The number of amides is 1. The Hall–Kier alpha value is -1.62. The second kappa shape index (κ2) is 4.75. The van der Waals surface area contributed by atoms with Gasteiger partial charge in [-0.1, -0.05) is 0 Å². The minimum Gasteiger partial charge on any atom is -0.349 e. The summed E-state index contributed by atoms with van der Waals surface area (Å²) in [5.74, 6) is 0.790. The quantitative estimate of drug-likeness (QED) is 0.818. The summed E-state index contributed by atoms with van der Waals surface area (Å²) in [7, 11) is 0. The van der Waals surface area contributed by atoms with Crippen LogP contribution in [0.25, 0.3) is 0 Å². The number of H-pyrrole nitrogens is 1. The Morgan fingerprint density at radius 2 is 2.53 bits per heavy atom. The lowest BCUT2D eigenvalue weighted by Crippen LogP contribution is -2.24. The van der Waals surface area contributed by atoms with Gasteiger partial charge in [-0.25, -0.2) is 4.98 Å². The van der Waals surface area contributed by atoms with E-state index in [0.717, 1.165) is 11.4 Å². The van der Waals surface area contributed by atoms with Crippen molar-refractivity contribution in [2.24, 2.45) is 0 Å². The average Bonchev–Trinajstić information content (AvgIpc) is 2.86. The first-order chi connectivity index (χ1) is 7.34. The summed E-state index contributed by atoms with van der Waals surface area (Å²) in [4.78, 5) is 18.4. The van der Waals surface area contributed by atoms with E-state index in [1.54, 1.807) is 23.7 Å². The minimum atomic E-state index is 0.0183. The van der Waals surface area contributed by atoms with E-state index < -0.39 is 0 Å². The molecule has 0 aliphatic carbocycles. The topological polar surface area (TPSA) is 57.8 Å². The number of nitrogens with zero attached hydrogens (tertiary/aromatic N) is 1. The number of carbonyl (C=O) groups excluding carboxylic acids is 1. The highest BCUT2D eigenvalue weighted by Gasteiger charge is 2.03. The largest absolute Gasteiger partial charge is 0.349 e. The smallest absolute Gasteiger partial charge is 0.224 e. The Morgan fingerprint density at radius 1 is 1.60 bits per heavy atom. The molecular weight excluding hydrogens is 210 g/mol. The first-order valence-electron chi connectivity index (χ1n) is 4.60. The minimum absolute atomic E-state index is 0.0183. The van der Waals surface area contributed by atoms with Gasteiger partial charge in [0.2, 0.25) is 5.91 Å². The number of rotatable bonds is 4. The summed E-state index contributed by atoms with van der Waals surface area (Å²) < 4.78 is 0. The van der Waals surface area contributed by atoms with Crippen molar-refractivity contribution in [3.8, 4) is 0 Å². The molecule has 2 N–H and O–H groups in total. The Balaban J connectivity index is 1.78. The molecule has 15 heavy (non-hydrogen) atoms. The van der Waals surface area contributed by atoms with Gasteiger partial charge in [-0.2, -0.15) is 11.3 Å². The number of nitrogens with one attached hydrogen (secondary N) is 2. The average molecular weight is 221 g/mol. The summed E-state index contributed by atoms with van der Waals surface area (Å²) in [6.07, 6.45) is 3.84. The fourth-order valence-corrected chi connectivity index (χ4v) is 1.89. The summed E-state index contributed by atoms with van der Waals surface area (Å²) in [6, 6.07) is 1.96. The van der Waals surface area contributed by atoms with Crippen LogP contribution in [0, 0.1) is 0 Å². The number of aromatic amines is 1. The molecule has 0 saturated carbocycles. The molecule has 2 aromatic rings. The lowest BCUT2D eigenvalue weighted by Gasteiger charge is -2.01. The summed E-state index contributed by atoms with van der Waals surface area (Å²) in [5.41, 5.74) is 1.05. The van der Waals surface area contributed by atoms with Gasteiger partial charge >= 0.3 is 0 Å². The van der Waals surface area contributed by atoms with Crippen molar-refractivity contribution in [2.45, 2.75) is 13.0 Å². The van der Waals surface area contributed by atoms with E-state index in [-0.39, 0.29) is 5.91 Å². The highest BCUT2D eigenvalue weighted by molar-refractivity contribution is 7.07. The van der Waals surface area contributed by atoms with Crippen LogP contribution in [0.2, 0.25) is 0 Å². The van der Waals surface area contributed by atoms with Gasteiger partial charge in [-0.05, 0) is 22.4 Å². The molecule has 0 spiro atoms. The van der Waals surface area contributed by atoms with Gasteiger partial charge in [0.1, 0.15) is 5.82 Å². The fourth-order valence-electron chi connectivity index (χ4n) is 1.22. The molecule has 2 heterocycles. The van der Waals surface area contributed by atoms with E-state index in [0.29, 0.717) is 13.0 Å². The van der Waals surface area contributed by atoms with Crippen LogP contribution in [0.3, 0.4) is 0 Å². The SMILES string of the molecule is O=C(Cc1ccsc1)NCc1ncc[nH]1. The van der Waals surface area contributed by atoms with Crippen molar-refractivity contribution in [3.63, 3.8) is 0 Å². The Labute approximate surface area is 91.4 Å². The van der Waals surface area contributed by atoms with Crippen molar-refractivity contribution < 1.29 is 4.79 Å². The molecule has 0 aliphatic rings. The summed E-state index contributed by atoms with van der Waals surface area (Å²) in [6.45, 7) is 0.454. The van der Waals surface area contributed by atoms with E-state index in [4.69, 9.17) is 0 Å². The number of carbonyl (C=O) groups is 1. The van der Waals surface area contributed by atoms with Crippen LogP contribution in [-0.2, 0) is 17.8 Å². The van der Waals surface area contributed by atoms with Gasteiger partial charge < -0.3 is 10.3 Å². The number of thiophene rings is 1. The molecule has 5 heteroatoms. The third-order valence-corrected chi connectivity index (χ3v) is 2.68. The number of hydrogen-bond donors (Lipinski definition) is 2. The van der Waals surface area contributed by atoms with E-state index >= 15 is 0 Å². The molecule has 0 aliphatic heterocycles. The van der Waals surface area contributed by atoms with Gasteiger partial charge in [0.15, 0.2) is 0 Å². The maximum Gasteiger partial charge on any atom is 0.224 e. The van der Waals surface area contributed by atoms with Crippen LogP contribution in [0.4, 0.5) is 0 Å². The zero-order chi connectivity index (χ0) is 10.5. The number of imidazole rings is 1. The Bertz CT molecular complexity index is 408. The molecule has 2 rings (SSSR count). The molecule has 2 aromatic heterocycles. The zero-order valence-corrected chi connectivity index (χ0v) is 8.88. The number of aromatic nitrogens is 2. The van der Waals surface area contributed by atoms with Crippen LogP contribution < -0.4 is 5.32 Å². The molecule has 0 aromatic carbocycles. The fraction of sp³-hybridized carbons (Fsp3) is 0.200. The standard InChI is InChI=1S/C10H11N3OS/c14-10(5-8-1-4-15-7-8)13-6-9-11-2-3-12-9/h1-4,7H,5-6H2,(H,11,12)(H,13,14). The molecule has 1 amide bonds. The third-order valence-electron chi connectivity index (χ3n) is 1.95. The molecular formula is C10H11N3OS. The molecule has 0 saturated heterocycles. The predicted octanol–water partition coefficient (Wildman–Crippen LogP) is 1.33. The van der Waals surface area contributed by atoms with Crippen LogP contribution in [0.5, 0.6) is 0 Å². The normalized spacial score (nSPS) is 10.1. The highest BCUT2D eigenvalue weighted by atomic mass is 32.1. The number of hydrogen-bond acceptors (Lipinski definition) is 3. The first kappa shape index (κ1) is 9.92. The summed E-state index contributed by atoms with van der Waals surface area (Å²) in [5, 5.41) is 6.74. The Morgan fingerprint density at radius 3 is 3.20 bits per heavy atom. The Kier molecular flexibility index (Phi) is 3.14. The third kappa shape index (κ3) is 2.92. The summed E-state index contributed by atoms with van der Waals surface area (Å²) >= 11 is 1.60. The molecule has 4 nitrogen and oxygen atoms in total. The molecule has 0 atom stereocenters. The van der Waals surface area contributed by atoms with Gasteiger partial charge in [-0.15, -0.1) is 0 Å². The van der Waals surface area contributed by atoms with Crippen LogP contribution >= 0.6 is 11.3 Å².